The molecule has 0 spiro atoms. The molecule has 0 unspecified atom stereocenters. The molecule has 1 aromatic heterocycles. The standard InChI is InChI=1S/C11H20N6O2/c1-13-8-7-9(17-11(12)16-8)14-4-3-10(18)15-5-6-19-2/h7H,3-6H2,1-2H3,(H,15,18)(H4,12,13,14,16,17). The van der Waals surface area contributed by atoms with Crippen molar-refractivity contribution >= 4 is 23.5 Å². The molecule has 0 saturated carbocycles. The van der Waals surface area contributed by atoms with Crippen molar-refractivity contribution in [2.75, 3.05) is 50.2 Å². The summed E-state index contributed by atoms with van der Waals surface area (Å²) < 4.78 is 4.84. The summed E-state index contributed by atoms with van der Waals surface area (Å²) in [5.41, 5.74) is 5.55. The number of methoxy groups -OCH3 is 1. The van der Waals surface area contributed by atoms with E-state index in [4.69, 9.17) is 10.5 Å². The number of nitrogens with two attached hydrogens (primary N) is 1. The van der Waals surface area contributed by atoms with Crippen molar-refractivity contribution < 1.29 is 9.53 Å². The molecule has 106 valence electrons. The van der Waals surface area contributed by atoms with Gasteiger partial charge in [-0.3, -0.25) is 4.79 Å². The van der Waals surface area contributed by atoms with E-state index in [2.05, 4.69) is 25.9 Å². The van der Waals surface area contributed by atoms with Crippen LogP contribution in [0.5, 0.6) is 0 Å². The van der Waals surface area contributed by atoms with Crippen LogP contribution in [0.25, 0.3) is 0 Å². The molecular weight excluding hydrogens is 248 g/mol. The van der Waals surface area contributed by atoms with E-state index in [-0.39, 0.29) is 11.9 Å². The maximum Gasteiger partial charge on any atom is 0.223 e. The lowest BCUT2D eigenvalue weighted by atomic mass is 10.4. The number of nitrogens with one attached hydrogen (secondary N) is 3. The number of anilines is 3. The highest BCUT2D eigenvalue weighted by molar-refractivity contribution is 5.76. The third-order valence-electron chi connectivity index (χ3n) is 2.29. The van der Waals surface area contributed by atoms with Gasteiger partial charge >= 0.3 is 0 Å². The fourth-order valence-corrected chi connectivity index (χ4v) is 1.37. The van der Waals surface area contributed by atoms with Gasteiger partial charge in [0.2, 0.25) is 11.9 Å². The zero-order valence-electron chi connectivity index (χ0n) is 11.2. The monoisotopic (exact) mass is 268 g/mol. The highest BCUT2D eigenvalue weighted by Gasteiger charge is 2.03. The van der Waals surface area contributed by atoms with E-state index in [0.717, 1.165) is 0 Å². The van der Waals surface area contributed by atoms with Gasteiger partial charge in [-0.15, -0.1) is 0 Å². The highest BCUT2D eigenvalue weighted by Crippen LogP contribution is 2.11. The van der Waals surface area contributed by atoms with Crippen LogP contribution in [-0.4, -0.2) is 49.7 Å². The van der Waals surface area contributed by atoms with E-state index in [1.807, 2.05) is 0 Å². The van der Waals surface area contributed by atoms with E-state index in [0.29, 0.717) is 37.8 Å². The molecule has 0 fully saturated rings. The molecule has 0 aliphatic rings. The van der Waals surface area contributed by atoms with Crippen molar-refractivity contribution in [3.63, 3.8) is 0 Å². The Kier molecular flexibility index (Phi) is 6.37. The number of carbonyl (C=O) groups excluding carboxylic acids is 1. The first-order valence-electron chi connectivity index (χ1n) is 5.97. The molecule has 19 heavy (non-hydrogen) atoms. The molecule has 0 aliphatic carbocycles. The lowest BCUT2D eigenvalue weighted by molar-refractivity contribution is -0.121. The summed E-state index contributed by atoms with van der Waals surface area (Å²) in [5.74, 6) is 1.35. The number of nitrogen functional groups attached to an aromatic ring is 1. The number of carbonyl (C=O) groups is 1. The third kappa shape index (κ3) is 5.87. The predicted molar refractivity (Wildman–Crippen MR) is 74.0 cm³/mol. The summed E-state index contributed by atoms with van der Waals surface area (Å²) in [7, 11) is 3.33. The van der Waals surface area contributed by atoms with Gasteiger partial charge in [0.25, 0.3) is 0 Å². The average molecular weight is 268 g/mol. The normalized spacial score (nSPS) is 10.0. The van der Waals surface area contributed by atoms with Gasteiger partial charge in [0.05, 0.1) is 6.61 Å². The van der Waals surface area contributed by atoms with Crippen LogP contribution in [0.2, 0.25) is 0 Å². The summed E-state index contributed by atoms with van der Waals surface area (Å²) in [6.07, 6.45) is 0.350. The van der Waals surface area contributed by atoms with Gasteiger partial charge in [-0.1, -0.05) is 0 Å². The molecule has 1 heterocycles. The van der Waals surface area contributed by atoms with E-state index in [1.54, 1.807) is 20.2 Å². The first-order valence-corrected chi connectivity index (χ1v) is 5.97. The second-order valence-electron chi connectivity index (χ2n) is 3.77. The zero-order chi connectivity index (χ0) is 14.1. The molecule has 0 radical (unpaired) electrons. The molecule has 8 nitrogen and oxygen atoms in total. The van der Waals surface area contributed by atoms with Crippen molar-refractivity contribution in [3.05, 3.63) is 6.07 Å². The summed E-state index contributed by atoms with van der Waals surface area (Å²) in [6, 6.07) is 1.72. The Bertz CT molecular complexity index is 412. The Morgan fingerprint density at radius 2 is 2.11 bits per heavy atom. The predicted octanol–water partition coefficient (Wildman–Crippen LogP) is -0.335. The summed E-state index contributed by atoms with van der Waals surface area (Å²) in [4.78, 5) is 19.4. The molecule has 0 saturated heterocycles. The van der Waals surface area contributed by atoms with Crippen LogP contribution in [0.3, 0.4) is 0 Å². The van der Waals surface area contributed by atoms with Gasteiger partial charge < -0.3 is 26.4 Å². The van der Waals surface area contributed by atoms with Crippen LogP contribution in [-0.2, 0) is 9.53 Å². The van der Waals surface area contributed by atoms with Crippen LogP contribution < -0.4 is 21.7 Å². The Morgan fingerprint density at radius 3 is 2.79 bits per heavy atom. The first kappa shape index (κ1) is 15.0. The number of amides is 1. The molecule has 8 heteroatoms. The van der Waals surface area contributed by atoms with Crippen molar-refractivity contribution in [1.29, 1.82) is 0 Å². The van der Waals surface area contributed by atoms with Gasteiger partial charge in [0, 0.05) is 39.7 Å². The Balaban J connectivity index is 2.32. The van der Waals surface area contributed by atoms with Crippen LogP contribution in [0, 0.1) is 0 Å². The molecule has 0 atom stereocenters. The third-order valence-corrected chi connectivity index (χ3v) is 2.29. The van der Waals surface area contributed by atoms with Gasteiger partial charge in [0.15, 0.2) is 0 Å². The average Bonchev–Trinajstić information content (AvgIpc) is 2.38. The van der Waals surface area contributed by atoms with E-state index >= 15 is 0 Å². The number of hydrogen-bond acceptors (Lipinski definition) is 7. The number of ether oxygens (including phenoxy) is 1. The number of hydrogen-bond donors (Lipinski definition) is 4. The minimum absolute atomic E-state index is 0.0413. The molecule has 0 bridgehead atoms. The molecular formula is C11H20N6O2. The Hall–Kier alpha value is -2.09. The van der Waals surface area contributed by atoms with Gasteiger partial charge in [-0.25, -0.2) is 0 Å². The molecule has 5 N–H and O–H groups in total. The summed E-state index contributed by atoms with van der Waals surface area (Å²) >= 11 is 0. The quantitative estimate of drug-likeness (QED) is 0.477. The van der Waals surface area contributed by atoms with Crippen molar-refractivity contribution in [2.24, 2.45) is 0 Å². The number of nitrogens with zero attached hydrogens (tertiary/aromatic N) is 2. The Labute approximate surface area is 112 Å². The summed E-state index contributed by atoms with van der Waals surface area (Å²) in [6.45, 7) is 1.49. The second kappa shape index (κ2) is 8.09. The first-order chi connectivity index (χ1) is 9.15. The van der Waals surface area contributed by atoms with Crippen molar-refractivity contribution in [3.8, 4) is 0 Å². The Morgan fingerprint density at radius 1 is 1.37 bits per heavy atom. The fourth-order valence-electron chi connectivity index (χ4n) is 1.37. The van der Waals surface area contributed by atoms with Crippen molar-refractivity contribution in [1.82, 2.24) is 15.3 Å². The van der Waals surface area contributed by atoms with Gasteiger partial charge in [-0.2, -0.15) is 9.97 Å². The van der Waals surface area contributed by atoms with E-state index < -0.39 is 0 Å². The topological polar surface area (TPSA) is 114 Å². The molecule has 0 aromatic carbocycles. The molecule has 1 rings (SSSR count). The maximum atomic E-state index is 11.4. The minimum atomic E-state index is -0.0413. The zero-order valence-corrected chi connectivity index (χ0v) is 11.2. The van der Waals surface area contributed by atoms with E-state index in [9.17, 15) is 4.79 Å². The molecule has 0 aliphatic heterocycles. The maximum absolute atomic E-state index is 11.4. The van der Waals surface area contributed by atoms with Gasteiger partial charge in [0.1, 0.15) is 11.6 Å². The smallest absolute Gasteiger partial charge is 0.223 e. The highest BCUT2D eigenvalue weighted by atomic mass is 16.5. The summed E-state index contributed by atoms with van der Waals surface area (Å²) in [5, 5.41) is 8.63. The SMILES string of the molecule is CNc1cc(NCCC(=O)NCCOC)nc(N)n1. The second-order valence-corrected chi connectivity index (χ2v) is 3.77. The van der Waals surface area contributed by atoms with Crippen molar-refractivity contribution in [2.45, 2.75) is 6.42 Å². The molecule has 1 aromatic rings. The van der Waals surface area contributed by atoms with Crippen LogP contribution in [0.4, 0.5) is 17.6 Å². The fraction of sp³-hybridized carbons (Fsp3) is 0.545. The van der Waals surface area contributed by atoms with Gasteiger partial charge in [-0.05, 0) is 0 Å². The molecule has 1 amide bonds. The largest absolute Gasteiger partial charge is 0.383 e. The number of rotatable bonds is 8. The number of aromatic nitrogens is 2. The lowest BCUT2D eigenvalue weighted by Gasteiger charge is -2.08. The van der Waals surface area contributed by atoms with Crippen LogP contribution in [0.15, 0.2) is 6.07 Å². The lowest BCUT2D eigenvalue weighted by Crippen LogP contribution is -2.28. The van der Waals surface area contributed by atoms with E-state index in [1.165, 1.54) is 0 Å². The van der Waals surface area contributed by atoms with Crippen LogP contribution in [0.1, 0.15) is 6.42 Å². The van der Waals surface area contributed by atoms with Crippen LogP contribution >= 0.6 is 0 Å². The minimum Gasteiger partial charge on any atom is -0.383 e.